The Morgan fingerprint density at radius 1 is 1.20 bits per heavy atom. The molecule has 1 aromatic heterocycles. The average Bonchev–Trinajstić information content (AvgIpc) is 2.75. The molecule has 0 atom stereocenters. The van der Waals surface area contributed by atoms with Gasteiger partial charge in [-0.05, 0) is 31.5 Å². The zero-order chi connectivity index (χ0) is 21.6. The van der Waals surface area contributed by atoms with Crippen LogP contribution in [-0.2, 0) is 0 Å². The first-order valence-electron chi connectivity index (χ1n) is 9.56. The number of anilines is 2. The second-order valence-corrected chi connectivity index (χ2v) is 7.53. The van der Waals surface area contributed by atoms with Crippen molar-refractivity contribution in [3.8, 4) is 0 Å². The number of aromatic nitrogens is 2. The van der Waals surface area contributed by atoms with E-state index in [2.05, 4.69) is 38.1 Å². The van der Waals surface area contributed by atoms with E-state index in [4.69, 9.17) is 28.5 Å². The van der Waals surface area contributed by atoms with Crippen molar-refractivity contribution in [2.45, 2.75) is 12.8 Å². The first kappa shape index (κ1) is 21.5. The maximum Gasteiger partial charge on any atom is 0.280 e. The van der Waals surface area contributed by atoms with E-state index in [0.29, 0.717) is 6.54 Å². The lowest BCUT2D eigenvalue weighted by atomic mass is 9.78. The maximum atomic E-state index is 12.4. The highest BCUT2D eigenvalue weighted by molar-refractivity contribution is 6.31. The van der Waals surface area contributed by atoms with Gasteiger partial charge in [0.25, 0.3) is 5.91 Å². The van der Waals surface area contributed by atoms with E-state index in [1.54, 1.807) is 0 Å². The quantitative estimate of drug-likeness (QED) is 0.312. The summed E-state index contributed by atoms with van der Waals surface area (Å²) >= 11 is 5.82. The average molecular weight is 429 g/mol. The minimum absolute atomic E-state index is 0.0584. The van der Waals surface area contributed by atoms with E-state index >= 15 is 0 Å². The summed E-state index contributed by atoms with van der Waals surface area (Å²) in [5.74, 6) is -1.04. The number of nitrogens with one attached hydrogen (secondary N) is 4. The van der Waals surface area contributed by atoms with Crippen molar-refractivity contribution in [2.75, 3.05) is 31.1 Å². The summed E-state index contributed by atoms with van der Waals surface area (Å²) in [5.41, 5.74) is 12.0. The minimum Gasteiger partial charge on any atom is -0.382 e. The summed E-state index contributed by atoms with van der Waals surface area (Å²) in [5, 5.41) is 16.8. The second kappa shape index (κ2) is 9.55. The molecule has 0 aliphatic carbocycles. The molecule has 0 spiro atoms. The molecule has 0 saturated carbocycles. The summed E-state index contributed by atoms with van der Waals surface area (Å²) in [7, 11) is 0. The SMILES string of the molecule is N=C(NCC1(C=Cc2ccccc2)CCNCC1)NC(=O)c1nc(Cl)c(N)nc1N. The van der Waals surface area contributed by atoms with E-state index in [0.717, 1.165) is 31.5 Å². The topological polar surface area (TPSA) is 155 Å². The fourth-order valence-corrected chi connectivity index (χ4v) is 3.38. The van der Waals surface area contributed by atoms with Crippen LogP contribution in [0, 0.1) is 10.8 Å². The molecule has 2 heterocycles. The lowest BCUT2D eigenvalue weighted by Crippen LogP contribution is -2.48. The molecule has 1 aliphatic rings. The van der Waals surface area contributed by atoms with Crippen LogP contribution in [0.4, 0.5) is 11.6 Å². The predicted octanol–water partition coefficient (Wildman–Crippen LogP) is 1.63. The summed E-state index contributed by atoms with van der Waals surface area (Å²) in [4.78, 5) is 20.0. The second-order valence-electron chi connectivity index (χ2n) is 7.17. The van der Waals surface area contributed by atoms with Gasteiger partial charge in [-0.3, -0.25) is 15.5 Å². The number of halogens is 1. The van der Waals surface area contributed by atoms with E-state index in [9.17, 15) is 4.79 Å². The van der Waals surface area contributed by atoms with Crippen LogP contribution in [0.2, 0.25) is 5.15 Å². The van der Waals surface area contributed by atoms with Gasteiger partial charge in [0, 0.05) is 12.0 Å². The van der Waals surface area contributed by atoms with Crippen molar-refractivity contribution in [3.63, 3.8) is 0 Å². The molecule has 30 heavy (non-hydrogen) atoms. The van der Waals surface area contributed by atoms with Gasteiger partial charge in [0.2, 0.25) is 0 Å². The zero-order valence-electron chi connectivity index (χ0n) is 16.4. The Hall–Kier alpha value is -3.17. The Balaban J connectivity index is 1.64. The van der Waals surface area contributed by atoms with E-state index in [1.807, 2.05) is 30.3 Å². The Morgan fingerprint density at radius 2 is 1.90 bits per heavy atom. The van der Waals surface area contributed by atoms with E-state index in [1.165, 1.54) is 0 Å². The number of amides is 1. The molecule has 158 valence electrons. The van der Waals surface area contributed by atoms with Crippen LogP contribution >= 0.6 is 11.6 Å². The summed E-state index contributed by atoms with van der Waals surface area (Å²) in [6.45, 7) is 2.27. The molecule has 10 heteroatoms. The number of piperidine rings is 1. The van der Waals surface area contributed by atoms with Crippen LogP contribution in [0.15, 0.2) is 36.4 Å². The van der Waals surface area contributed by atoms with Gasteiger partial charge in [-0.1, -0.05) is 54.1 Å². The summed E-state index contributed by atoms with van der Waals surface area (Å²) < 4.78 is 0. The van der Waals surface area contributed by atoms with Crippen LogP contribution in [0.1, 0.15) is 28.9 Å². The standard InChI is InChI=1S/C20H25ClN8O/c21-15-17(23)28-16(22)14(27-15)18(30)29-19(24)26-12-20(8-10-25-11-9-20)7-6-13-4-2-1-3-5-13/h1-7,25H,8-12H2,(H4,22,23,28)(H3,24,26,29,30). The highest BCUT2D eigenvalue weighted by atomic mass is 35.5. The molecular weight excluding hydrogens is 404 g/mol. The van der Waals surface area contributed by atoms with Crippen LogP contribution in [0.3, 0.4) is 0 Å². The number of carbonyl (C=O) groups excluding carboxylic acids is 1. The summed E-state index contributed by atoms with van der Waals surface area (Å²) in [6, 6.07) is 10.1. The Kier molecular flexibility index (Phi) is 6.86. The normalized spacial score (nSPS) is 15.6. The first-order valence-corrected chi connectivity index (χ1v) is 9.94. The molecule has 0 bridgehead atoms. The third-order valence-electron chi connectivity index (χ3n) is 5.00. The van der Waals surface area contributed by atoms with Crippen molar-refractivity contribution in [3.05, 3.63) is 52.8 Å². The van der Waals surface area contributed by atoms with Crippen molar-refractivity contribution in [2.24, 2.45) is 5.41 Å². The molecular formula is C20H25ClN8O. The maximum absolute atomic E-state index is 12.4. The van der Waals surface area contributed by atoms with Crippen molar-refractivity contribution < 1.29 is 4.79 Å². The molecule has 1 aliphatic heterocycles. The number of nitrogens with two attached hydrogens (primary N) is 2. The monoisotopic (exact) mass is 428 g/mol. The van der Waals surface area contributed by atoms with Gasteiger partial charge in [-0.15, -0.1) is 0 Å². The molecule has 1 aromatic carbocycles. The lowest BCUT2D eigenvalue weighted by Gasteiger charge is -2.35. The molecule has 8 N–H and O–H groups in total. The number of benzene rings is 1. The fraction of sp³-hybridized carbons (Fsp3) is 0.300. The van der Waals surface area contributed by atoms with Crippen LogP contribution in [0.5, 0.6) is 0 Å². The first-order chi connectivity index (χ1) is 14.4. The van der Waals surface area contributed by atoms with Gasteiger partial charge in [0.1, 0.15) is 0 Å². The van der Waals surface area contributed by atoms with Gasteiger partial charge in [-0.25, -0.2) is 9.97 Å². The Bertz CT molecular complexity index is 941. The van der Waals surface area contributed by atoms with Crippen molar-refractivity contribution >= 4 is 41.2 Å². The largest absolute Gasteiger partial charge is 0.382 e. The third-order valence-corrected chi connectivity index (χ3v) is 5.28. The molecule has 0 radical (unpaired) electrons. The fourth-order valence-electron chi connectivity index (χ4n) is 3.25. The molecule has 3 rings (SSSR count). The minimum atomic E-state index is -0.682. The summed E-state index contributed by atoms with van der Waals surface area (Å²) in [6.07, 6.45) is 6.11. The van der Waals surface area contributed by atoms with E-state index in [-0.39, 0.29) is 33.9 Å². The van der Waals surface area contributed by atoms with Crippen LogP contribution in [-0.4, -0.2) is 41.5 Å². The Labute approximate surface area is 179 Å². The van der Waals surface area contributed by atoms with Gasteiger partial charge < -0.3 is 22.1 Å². The number of guanidine groups is 1. The lowest BCUT2D eigenvalue weighted by molar-refractivity contribution is 0.0971. The van der Waals surface area contributed by atoms with Gasteiger partial charge in [-0.2, -0.15) is 0 Å². The van der Waals surface area contributed by atoms with E-state index < -0.39 is 5.91 Å². The number of hydrogen-bond donors (Lipinski definition) is 6. The number of carbonyl (C=O) groups is 1. The molecule has 1 amide bonds. The highest BCUT2D eigenvalue weighted by Crippen LogP contribution is 2.30. The molecule has 9 nitrogen and oxygen atoms in total. The molecule has 0 unspecified atom stereocenters. The van der Waals surface area contributed by atoms with Gasteiger partial charge in [0.05, 0.1) is 0 Å². The van der Waals surface area contributed by atoms with Crippen molar-refractivity contribution in [1.82, 2.24) is 25.9 Å². The van der Waals surface area contributed by atoms with Gasteiger partial charge in [0.15, 0.2) is 28.4 Å². The number of hydrogen-bond acceptors (Lipinski definition) is 7. The van der Waals surface area contributed by atoms with Crippen LogP contribution in [0.25, 0.3) is 6.08 Å². The van der Waals surface area contributed by atoms with Crippen LogP contribution < -0.4 is 27.4 Å². The zero-order valence-corrected chi connectivity index (χ0v) is 17.2. The smallest absolute Gasteiger partial charge is 0.280 e. The molecule has 2 aromatic rings. The predicted molar refractivity (Wildman–Crippen MR) is 119 cm³/mol. The molecule has 1 saturated heterocycles. The highest BCUT2D eigenvalue weighted by Gasteiger charge is 2.29. The Morgan fingerprint density at radius 3 is 2.60 bits per heavy atom. The number of nitrogen functional groups attached to an aromatic ring is 2. The van der Waals surface area contributed by atoms with Crippen molar-refractivity contribution in [1.29, 1.82) is 5.41 Å². The number of rotatable bonds is 5. The molecule has 1 fully saturated rings. The third kappa shape index (κ3) is 5.46. The van der Waals surface area contributed by atoms with Gasteiger partial charge >= 0.3 is 0 Å². The number of nitrogens with zero attached hydrogens (tertiary/aromatic N) is 2.